The minimum Gasteiger partial charge on any atom is -0.457 e. The van der Waals surface area contributed by atoms with Gasteiger partial charge in [0.25, 0.3) is 0 Å². The molecule has 0 saturated heterocycles. The van der Waals surface area contributed by atoms with Gasteiger partial charge in [0, 0.05) is 10.0 Å². The van der Waals surface area contributed by atoms with Crippen LogP contribution in [0, 0.1) is 5.82 Å². The van der Waals surface area contributed by atoms with Gasteiger partial charge in [0.05, 0.1) is 10.6 Å². The zero-order valence-electron chi connectivity index (χ0n) is 10.0. The molecule has 100 valence electrons. The highest BCUT2D eigenvalue weighted by Crippen LogP contribution is 2.33. The van der Waals surface area contributed by atoms with Crippen LogP contribution in [0.3, 0.4) is 0 Å². The van der Waals surface area contributed by atoms with Crippen molar-refractivity contribution in [1.82, 2.24) is 0 Å². The summed E-state index contributed by atoms with van der Waals surface area (Å²) in [6, 6.07) is 9.76. The molecule has 0 heterocycles. The highest BCUT2D eigenvalue weighted by Gasteiger charge is 2.11. The second-order valence-electron chi connectivity index (χ2n) is 4.04. The van der Waals surface area contributed by atoms with Crippen LogP contribution < -0.4 is 4.74 Å². The lowest BCUT2D eigenvalue weighted by molar-refractivity contribution is 0.195. The molecule has 0 bridgehead atoms. The summed E-state index contributed by atoms with van der Waals surface area (Å²) in [4.78, 5) is 0. The van der Waals surface area contributed by atoms with Gasteiger partial charge in [-0.05, 0) is 59.3 Å². The van der Waals surface area contributed by atoms with Crippen molar-refractivity contribution < 1.29 is 14.2 Å². The average molecular weight is 390 g/mol. The molecule has 0 spiro atoms. The van der Waals surface area contributed by atoms with Crippen LogP contribution in [0.2, 0.25) is 0 Å². The van der Waals surface area contributed by atoms with E-state index in [1.165, 1.54) is 12.1 Å². The molecule has 1 unspecified atom stereocenters. The van der Waals surface area contributed by atoms with Crippen LogP contribution in [-0.2, 0) is 0 Å². The quantitative estimate of drug-likeness (QED) is 0.781. The van der Waals surface area contributed by atoms with Gasteiger partial charge < -0.3 is 9.84 Å². The van der Waals surface area contributed by atoms with Crippen molar-refractivity contribution in [3.05, 3.63) is 56.7 Å². The van der Waals surface area contributed by atoms with E-state index in [0.29, 0.717) is 21.5 Å². The third-order valence-electron chi connectivity index (χ3n) is 2.54. The first-order chi connectivity index (χ1) is 8.97. The average Bonchev–Trinajstić information content (AvgIpc) is 2.36. The van der Waals surface area contributed by atoms with Gasteiger partial charge in [-0.1, -0.05) is 15.9 Å². The van der Waals surface area contributed by atoms with Gasteiger partial charge in [-0.3, -0.25) is 0 Å². The molecule has 1 atom stereocenters. The second kappa shape index (κ2) is 6.03. The zero-order chi connectivity index (χ0) is 14.0. The topological polar surface area (TPSA) is 29.5 Å². The van der Waals surface area contributed by atoms with E-state index < -0.39 is 6.10 Å². The molecular weight excluding hydrogens is 379 g/mol. The molecule has 0 fully saturated rings. The molecular formula is C14H11Br2FO2. The first kappa shape index (κ1) is 14.5. The first-order valence-corrected chi connectivity index (χ1v) is 7.16. The lowest BCUT2D eigenvalue weighted by Gasteiger charge is -2.14. The van der Waals surface area contributed by atoms with Gasteiger partial charge in [-0.25, -0.2) is 4.39 Å². The molecule has 0 aliphatic carbocycles. The van der Waals surface area contributed by atoms with Crippen molar-refractivity contribution in [2.24, 2.45) is 0 Å². The Labute approximate surface area is 127 Å². The van der Waals surface area contributed by atoms with Crippen LogP contribution in [0.25, 0.3) is 0 Å². The van der Waals surface area contributed by atoms with Crippen molar-refractivity contribution >= 4 is 31.9 Å². The number of hydrogen-bond acceptors (Lipinski definition) is 2. The largest absolute Gasteiger partial charge is 0.457 e. The van der Waals surface area contributed by atoms with Crippen molar-refractivity contribution in [3.8, 4) is 11.5 Å². The Morgan fingerprint density at radius 2 is 1.89 bits per heavy atom. The lowest BCUT2D eigenvalue weighted by Crippen LogP contribution is -1.96. The highest BCUT2D eigenvalue weighted by atomic mass is 79.9. The lowest BCUT2D eigenvalue weighted by atomic mass is 10.1. The Balaban J connectivity index is 2.35. The zero-order valence-corrected chi connectivity index (χ0v) is 13.2. The van der Waals surface area contributed by atoms with Crippen LogP contribution >= 0.6 is 31.9 Å². The first-order valence-electron chi connectivity index (χ1n) is 5.58. The van der Waals surface area contributed by atoms with E-state index in [-0.39, 0.29) is 5.82 Å². The Morgan fingerprint density at radius 1 is 1.16 bits per heavy atom. The molecule has 0 radical (unpaired) electrons. The fraction of sp³-hybridized carbons (Fsp3) is 0.143. The van der Waals surface area contributed by atoms with E-state index in [2.05, 4.69) is 31.9 Å². The minimum atomic E-state index is -0.656. The molecule has 2 aromatic rings. The monoisotopic (exact) mass is 388 g/mol. The summed E-state index contributed by atoms with van der Waals surface area (Å²) in [5.41, 5.74) is 0.662. The Hall–Kier alpha value is -0.910. The normalized spacial score (nSPS) is 12.3. The van der Waals surface area contributed by atoms with Gasteiger partial charge in [0.15, 0.2) is 0 Å². The fourth-order valence-electron chi connectivity index (χ4n) is 1.61. The number of ether oxygens (including phenoxy) is 1. The number of halogens is 3. The maximum Gasteiger partial charge on any atom is 0.137 e. The molecule has 0 aliphatic heterocycles. The number of rotatable bonds is 3. The summed E-state index contributed by atoms with van der Waals surface area (Å²) in [5.74, 6) is 0.688. The number of aliphatic hydroxyl groups is 1. The standard InChI is InChI=1S/C14H11Br2FO2/c1-8(18)11-6-9(15)2-5-14(11)19-10-3-4-13(17)12(16)7-10/h2-8,18H,1H3. The van der Waals surface area contributed by atoms with Gasteiger partial charge >= 0.3 is 0 Å². The highest BCUT2D eigenvalue weighted by molar-refractivity contribution is 9.10. The van der Waals surface area contributed by atoms with Crippen molar-refractivity contribution in [3.63, 3.8) is 0 Å². The summed E-state index contributed by atoms with van der Waals surface area (Å²) >= 11 is 6.45. The van der Waals surface area contributed by atoms with Gasteiger partial charge in [0.2, 0.25) is 0 Å². The summed E-state index contributed by atoms with van der Waals surface area (Å²) < 4.78 is 20.0. The van der Waals surface area contributed by atoms with E-state index in [1.54, 1.807) is 25.1 Å². The van der Waals surface area contributed by atoms with Crippen molar-refractivity contribution in [2.45, 2.75) is 13.0 Å². The molecule has 0 aliphatic rings. The molecule has 5 heteroatoms. The summed E-state index contributed by atoms with van der Waals surface area (Å²) in [6.45, 7) is 1.66. The van der Waals surface area contributed by atoms with Crippen LogP contribution in [-0.4, -0.2) is 5.11 Å². The Kier molecular flexibility index (Phi) is 4.60. The van der Waals surface area contributed by atoms with Crippen LogP contribution in [0.15, 0.2) is 45.3 Å². The molecule has 0 aromatic heterocycles. The molecule has 19 heavy (non-hydrogen) atoms. The molecule has 1 N–H and O–H groups in total. The van der Waals surface area contributed by atoms with Gasteiger partial charge in [0.1, 0.15) is 17.3 Å². The molecule has 2 aromatic carbocycles. The molecule has 0 saturated carbocycles. The summed E-state index contributed by atoms with van der Waals surface area (Å²) in [6.07, 6.45) is -0.656. The van der Waals surface area contributed by atoms with E-state index in [4.69, 9.17) is 4.74 Å². The predicted octanol–water partition coefficient (Wildman–Crippen LogP) is 5.20. The summed E-state index contributed by atoms with van der Waals surface area (Å²) in [7, 11) is 0. The predicted molar refractivity (Wildman–Crippen MR) is 78.9 cm³/mol. The maximum atomic E-state index is 13.1. The smallest absolute Gasteiger partial charge is 0.137 e. The minimum absolute atomic E-state index is 0.334. The van der Waals surface area contributed by atoms with Gasteiger partial charge in [-0.15, -0.1) is 0 Å². The fourth-order valence-corrected chi connectivity index (χ4v) is 2.34. The van der Waals surface area contributed by atoms with E-state index in [0.717, 1.165) is 4.47 Å². The third-order valence-corrected chi connectivity index (χ3v) is 3.64. The van der Waals surface area contributed by atoms with Crippen molar-refractivity contribution in [2.75, 3.05) is 0 Å². The van der Waals surface area contributed by atoms with Crippen molar-refractivity contribution in [1.29, 1.82) is 0 Å². The molecule has 2 nitrogen and oxygen atoms in total. The molecule has 0 amide bonds. The second-order valence-corrected chi connectivity index (χ2v) is 5.81. The number of benzene rings is 2. The third kappa shape index (κ3) is 3.55. The Bertz CT molecular complexity index is 600. The van der Waals surface area contributed by atoms with E-state index >= 15 is 0 Å². The van der Waals surface area contributed by atoms with Crippen LogP contribution in [0.5, 0.6) is 11.5 Å². The number of hydrogen-bond donors (Lipinski definition) is 1. The Morgan fingerprint density at radius 3 is 2.53 bits per heavy atom. The van der Waals surface area contributed by atoms with Crippen LogP contribution in [0.4, 0.5) is 4.39 Å². The van der Waals surface area contributed by atoms with Crippen LogP contribution in [0.1, 0.15) is 18.6 Å². The summed E-state index contributed by atoms with van der Waals surface area (Å²) in [5, 5.41) is 9.74. The van der Waals surface area contributed by atoms with Gasteiger partial charge in [-0.2, -0.15) is 0 Å². The SMILES string of the molecule is CC(O)c1cc(Br)ccc1Oc1ccc(F)c(Br)c1. The van der Waals surface area contributed by atoms with E-state index in [1.807, 2.05) is 6.07 Å². The molecule has 2 rings (SSSR count). The maximum absolute atomic E-state index is 13.1. The number of aliphatic hydroxyl groups excluding tert-OH is 1. The van der Waals surface area contributed by atoms with E-state index in [9.17, 15) is 9.50 Å².